The first-order valence-electron chi connectivity index (χ1n) is 11.3. The molecule has 1 unspecified atom stereocenters. The van der Waals surface area contributed by atoms with Crippen LogP contribution < -0.4 is 21.5 Å². The van der Waals surface area contributed by atoms with Crippen molar-refractivity contribution < 1.29 is 9.84 Å². The van der Waals surface area contributed by atoms with E-state index in [9.17, 15) is 9.59 Å². The molecule has 0 radical (unpaired) electrons. The summed E-state index contributed by atoms with van der Waals surface area (Å²) >= 11 is 6.03. The minimum absolute atomic E-state index is 0.0993. The summed E-state index contributed by atoms with van der Waals surface area (Å²) in [5.41, 5.74) is 0.474. The summed E-state index contributed by atoms with van der Waals surface area (Å²) in [7, 11) is 1.64. The number of aromatic nitrogens is 2. The molecule has 4 rings (SSSR count). The summed E-state index contributed by atoms with van der Waals surface area (Å²) in [6.07, 6.45) is 4.66. The summed E-state index contributed by atoms with van der Waals surface area (Å²) in [5, 5.41) is 13.0. The average molecular weight is 473 g/mol. The Morgan fingerprint density at radius 3 is 2.64 bits per heavy atom. The first-order chi connectivity index (χ1) is 16.0. The van der Waals surface area contributed by atoms with Gasteiger partial charge in [-0.2, -0.15) is 0 Å². The van der Waals surface area contributed by atoms with Crippen LogP contribution in [0.1, 0.15) is 37.7 Å². The van der Waals surface area contributed by atoms with Crippen molar-refractivity contribution in [3.05, 3.63) is 55.7 Å². The predicted octanol–water partition coefficient (Wildman–Crippen LogP) is 2.30. The van der Waals surface area contributed by atoms with E-state index < -0.39 is 17.4 Å². The minimum Gasteiger partial charge on any atom is -0.396 e. The molecule has 1 saturated carbocycles. The van der Waals surface area contributed by atoms with E-state index in [1.165, 1.54) is 17.4 Å². The van der Waals surface area contributed by atoms with Gasteiger partial charge in [-0.1, -0.05) is 48.4 Å². The van der Waals surface area contributed by atoms with Crippen LogP contribution in [0, 0.1) is 11.8 Å². The van der Waals surface area contributed by atoms with Gasteiger partial charge < -0.3 is 20.1 Å². The van der Waals surface area contributed by atoms with E-state index in [1.807, 2.05) is 29.2 Å². The van der Waals surface area contributed by atoms with Crippen molar-refractivity contribution >= 4 is 23.1 Å². The van der Waals surface area contributed by atoms with Gasteiger partial charge in [-0.3, -0.25) is 13.9 Å². The van der Waals surface area contributed by atoms with Crippen LogP contribution in [0.2, 0.25) is 5.02 Å². The zero-order chi connectivity index (χ0) is 23.4. The van der Waals surface area contributed by atoms with Gasteiger partial charge in [0.15, 0.2) is 6.17 Å². The lowest BCUT2D eigenvalue weighted by molar-refractivity contribution is 0.0837. The highest BCUT2D eigenvalue weighted by molar-refractivity contribution is 6.30. The van der Waals surface area contributed by atoms with Crippen LogP contribution >= 0.6 is 11.6 Å². The summed E-state index contributed by atoms with van der Waals surface area (Å²) in [4.78, 5) is 28.0. The highest BCUT2D eigenvalue weighted by Crippen LogP contribution is 2.31. The third-order valence-corrected chi connectivity index (χ3v) is 6.37. The van der Waals surface area contributed by atoms with Crippen LogP contribution in [0.3, 0.4) is 0 Å². The maximum absolute atomic E-state index is 13.1. The smallest absolute Gasteiger partial charge is 0.332 e. The lowest BCUT2D eigenvalue weighted by Gasteiger charge is -2.24. The molecule has 0 amide bonds. The fraction of sp³-hybridized carbons (Fsp3) is 0.500. The molecule has 176 valence electrons. The van der Waals surface area contributed by atoms with Crippen LogP contribution in [0.4, 0.5) is 11.5 Å². The van der Waals surface area contributed by atoms with Gasteiger partial charge in [0, 0.05) is 31.8 Å². The Labute approximate surface area is 197 Å². The molecule has 0 spiro atoms. The number of hydrogen-bond acceptors (Lipinski definition) is 6. The van der Waals surface area contributed by atoms with Gasteiger partial charge in [-0.25, -0.2) is 4.79 Å². The molecule has 2 aliphatic rings. The molecule has 9 heteroatoms. The van der Waals surface area contributed by atoms with Gasteiger partial charge in [-0.15, -0.1) is 0 Å². The predicted molar refractivity (Wildman–Crippen MR) is 129 cm³/mol. The van der Waals surface area contributed by atoms with E-state index in [0.717, 1.165) is 23.0 Å². The van der Waals surface area contributed by atoms with Crippen molar-refractivity contribution in [2.45, 2.75) is 57.5 Å². The van der Waals surface area contributed by atoms with E-state index in [0.29, 0.717) is 36.1 Å². The maximum atomic E-state index is 13.1. The van der Waals surface area contributed by atoms with Gasteiger partial charge in [0.05, 0.1) is 6.10 Å². The molecule has 1 aromatic carbocycles. The lowest BCUT2D eigenvalue weighted by Crippen LogP contribution is -2.41. The Bertz CT molecular complexity index is 1160. The standard InChI is InChI=1S/C24H29ClN4O4/c1-27-22-21(23(31)28(24(27)32)13-5-14-30)26-20(8-4-15-33-19-6-2-3-7-19)29(22)16-17-9-11-18(25)12-10-17/h9-12,19-20,26,30H,2-3,5-7,13-16H2,1H3. The quantitative estimate of drug-likeness (QED) is 0.601. The molecule has 1 fully saturated rings. The Kier molecular flexibility index (Phi) is 7.43. The lowest BCUT2D eigenvalue weighted by atomic mass is 10.2. The van der Waals surface area contributed by atoms with Crippen molar-refractivity contribution in [3.8, 4) is 11.8 Å². The molecule has 0 bridgehead atoms. The number of aliphatic hydroxyl groups is 1. The second-order valence-corrected chi connectivity index (χ2v) is 8.85. The van der Waals surface area contributed by atoms with E-state index in [-0.39, 0.29) is 19.3 Å². The summed E-state index contributed by atoms with van der Waals surface area (Å²) in [6.45, 7) is 0.818. The van der Waals surface area contributed by atoms with Crippen LogP contribution in [-0.4, -0.2) is 39.7 Å². The first kappa shape index (κ1) is 23.4. The Morgan fingerprint density at radius 2 is 1.94 bits per heavy atom. The second kappa shape index (κ2) is 10.5. The molecule has 33 heavy (non-hydrogen) atoms. The number of anilines is 2. The molecule has 0 saturated heterocycles. The normalized spacial score (nSPS) is 17.5. The van der Waals surface area contributed by atoms with Gasteiger partial charge >= 0.3 is 5.69 Å². The zero-order valence-electron chi connectivity index (χ0n) is 18.7. The molecule has 2 aromatic rings. The van der Waals surface area contributed by atoms with Gasteiger partial charge in [0.1, 0.15) is 18.1 Å². The van der Waals surface area contributed by atoms with Crippen LogP contribution in [0.25, 0.3) is 0 Å². The number of rotatable bonds is 7. The molecular weight excluding hydrogens is 444 g/mol. The molecule has 2 N–H and O–H groups in total. The zero-order valence-corrected chi connectivity index (χ0v) is 19.5. The molecule has 1 aliphatic heterocycles. The van der Waals surface area contributed by atoms with Gasteiger partial charge in [-0.05, 0) is 37.0 Å². The Hall–Kier alpha value is -2.73. The molecule has 1 aromatic heterocycles. The SMILES string of the molecule is Cn1c2c(c(=O)n(CCCO)c1=O)NC(C#CCOC1CCCC1)N2Cc1ccc(Cl)cc1. The molecule has 1 atom stereocenters. The number of halogens is 1. The number of ether oxygens (including phenoxy) is 1. The van der Waals surface area contributed by atoms with Crippen LogP contribution in [-0.2, 0) is 24.9 Å². The average Bonchev–Trinajstić information content (AvgIpc) is 3.45. The first-order valence-corrected chi connectivity index (χ1v) is 11.7. The van der Waals surface area contributed by atoms with Crippen molar-refractivity contribution in [1.82, 2.24) is 9.13 Å². The number of hydrogen-bond donors (Lipinski definition) is 2. The highest BCUT2D eigenvalue weighted by atomic mass is 35.5. The summed E-state index contributed by atoms with van der Waals surface area (Å²) in [5.74, 6) is 6.77. The third kappa shape index (κ3) is 5.11. The third-order valence-electron chi connectivity index (χ3n) is 6.12. The fourth-order valence-corrected chi connectivity index (χ4v) is 4.53. The molecular formula is C24H29ClN4O4. The number of nitrogens with one attached hydrogen (secondary N) is 1. The maximum Gasteiger partial charge on any atom is 0.332 e. The number of benzene rings is 1. The Balaban J connectivity index is 1.65. The highest BCUT2D eigenvalue weighted by Gasteiger charge is 2.34. The van der Waals surface area contributed by atoms with Crippen molar-refractivity contribution in [2.75, 3.05) is 23.4 Å². The second-order valence-electron chi connectivity index (χ2n) is 8.41. The van der Waals surface area contributed by atoms with Crippen molar-refractivity contribution in [2.24, 2.45) is 7.05 Å². The van der Waals surface area contributed by atoms with Gasteiger partial charge in [0.25, 0.3) is 5.56 Å². The number of fused-ring (bicyclic) bond motifs is 1. The van der Waals surface area contributed by atoms with Crippen LogP contribution in [0.5, 0.6) is 0 Å². The van der Waals surface area contributed by atoms with Crippen molar-refractivity contribution in [3.63, 3.8) is 0 Å². The summed E-state index contributed by atoms with van der Waals surface area (Å²) in [6, 6.07) is 7.44. The van der Waals surface area contributed by atoms with E-state index >= 15 is 0 Å². The minimum atomic E-state index is -0.491. The monoisotopic (exact) mass is 472 g/mol. The fourth-order valence-electron chi connectivity index (χ4n) is 4.40. The molecule has 2 heterocycles. The van der Waals surface area contributed by atoms with E-state index in [4.69, 9.17) is 21.4 Å². The number of nitrogens with zero attached hydrogens (tertiary/aromatic N) is 3. The molecule has 1 aliphatic carbocycles. The van der Waals surface area contributed by atoms with E-state index in [2.05, 4.69) is 17.2 Å². The summed E-state index contributed by atoms with van der Waals surface area (Å²) < 4.78 is 8.48. The van der Waals surface area contributed by atoms with Crippen LogP contribution in [0.15, 0.2) is 33.9 Å². The van der Waals surface area contributed by atoms with Crippen molar-refractivity contribution in [1.29, 1.82) is 0 Å². The topological polar surface area (TPSA) is 88.7 Å². The Morgan fingerprint density at radius 1 is 1.21 bits per heavy atom. The molecule has 8 nitrogen and oxygen atoms in total. The largest absolute Gasteiger partial charge is 0.396 e. The number of aliphatic hydroxyl groups excluding tert-OH is 1. The van der Waals surface area contributed by atoms with Gasteiger partial charge in [0.2, 0.25) is 0 Å². The van der Waals surface area contributed by atoms with E-state index in [1.54, 1.807) is 7.05 Å².